The Labute approximate surface area is 102 Å². The van der Waals surface area contributed by atoms with Crippen molar-refractivity contribution in [1.82, 2.24) is 4.98 Å². The second kappa shape index (κ2) is 4.16. The minimum absolute atomic E-state index is 0.0967. The van der Waals surface area contributed by atoms with Crippen LogP contribution in [0.2, 0.25) is 5.02 Å². The van der Waals surface area contributed by atoms with Gasteiger partial charge < -0.3 is 0 Å². The molecule has 1 aromatic heterocycles. The molecule has 2 rings (SSSR count). The van der Waals surface area contributed by atoms with Gasteiger partial charge in [-0.2, -0.15) is 0 Å². The molecule has 0 atom stereocenters. The quantitative estimate of drug-likeness (QED) is 0.808. The molecule has 6 heteroatoms. The zero-order valence-corrected chi connectivity index (χ0v) is 10.6. The minimum atomic E-state index is -3.34. The topological polar surface area (TPSA) is 47.0 Å². The van der Waals surface area contributed by atoms with Gasteiger partial charge >= 0.3 is 0 Å². The van der Waals surface area contributed by atoms with Gasteiger partial charge in [-0.3, -0.25) is 0 Å². The van der Waals surface area contributed by atoms with Gasteiger partial charge in [0.05, 0.1) is 16.0 Å². The summed E-state index contributed by atoms with van der Waals surface area (Å²) in [6, 6.07) is 5.11. The van der Waals surface area contributed by atoms with Crippen molar-refractivity contribution in [3.63, 3.8) is 0 Å². The van der Waals surface area contributed by atoms with Crippen LogP contribution in [0.25, 0.3) is 10.2 Å². The number of nitrogens with zero attached hydrogens (tertiary/aromatic N) is 1. The van der Waals surface area contributed by atoms with E-state index in [1.54, 1.807) is 18.2 Å². The van der Waals surface area contributed by atoms with E-state index in [2.05, 4.69) is 11.6 Å². The molecule has 0 amide bonds. The molecule has 0 unspecified atom stereocenters. The van der Waals surface area contributed by atoms with Gasteiger partial charge in [-0.1, -0.05) is 17.7 Å². The van der Waals surface area contributed by atoms with Crippen LogP contribution in [0.15, 0.2) is 35.2 Å². The molecule has 0 saturated carbocycles. The molecule has 0 fully saturated rings. The Balaban J connectivity index is 2.59. The summed E-state index contributed by atoms with van der Waals surface area (Å²) in [5.41, 5.74) is 0.650. The maximum absolute atomic E-state index is 11.7. The Bertz CT molecular complexity index is 646. The zero-order chi connectivity index (χ0) is 11.8. The van der Waals surface area contributed by atoms with Gasteiger partial charge in [0, 0.05) is 5.02 Å². The zero-order valence-electron chi connectivity index (χ0n) is 8.18. The van der Waals surface area contributed by atoms with Crippen molar-refractivity contribution in [3.8, 4) is 0 Å². The smallest absolute Gasteiger partial charge is 0.210 e. The fraction of sp³-hybridized carbons (Fsp3) is 0.100. The molecule has 0 spiro atoms. The van der Waals surface area contributed by atoms with E-state index >= 15 is 0 Å². The van der Waals surface area contributed by atoms with Crippen LogP contribution < -0.4 is 0 Å². The molecule has 84 valence electrons. The van der Waals surface area contributed by atoms with Gasteiger partial charge in [0.15, 0.2) is 0 Å². The summed E-state index contributed by atoms with van der Waals surface area (Å²) >= 11 is 6.94. The van der Waals surface area contributed by atoms with E-state index in [-0.39, 0.29) is 10.1 Å². The van der Waals surface area contributed by atoms with E-state index in [1.165, 1.54) is 6.08 Å². The van der Waals surface area contributed by atoms with Crippen LogP contribution in [-0.2, 0) is 9.84 Å². The normalized spacial score (nSPS) is 11.8. The number of hydrogen-bond donors (Lipinski definition) is 0. The summed E-state index contributed by atoms with van der Waals surface area (Å²) in [5, 5.41) is 0.573. The van der Waals surface area contributed by atoms with Crippen molar-refractivity contribution >= 4 is 43.0 Å². The van der Waals surface area contributed by atoms with E-state index in [9.17, 15) is 8.42 Å². The molecular weight excluding hydrogens is 266 g/mol. The average molecular weight is 274 g/mol. The number of sulfone groups is 1. The van der Waals surface area contributed by atoms with Gasteiger partial charge in [0.1, 0.15) is 0 Å². The second-order valence-electron chi connectivity index (χ2n) is 3.16. The van der Waals surface area contributed by atoms with E-state index in [1.807, 2.05) is 0 Å². The highest BCUT2D eigenvalue weighted by atomic mass is 35.5. The molecule has 0 N–H and O–H groups in total. The summed E-state index contributed by atoms with van der Waals surface area (Å²) in [6.07, 6.45) is 1.36. The van der Waals surface area contributed by atoms with Crippen molar-refractivity contribution in [2.75, 3.05) is 5.75 Å². The van der Waals surface area contributed by atoms with Gasteiger partial charge in [-0.15, -0.1) is 17.9 Å². The summed E-state index contributed by atoms with van der Waals surface area (Å²) in [6.45, 7) is 3.42. The first-order chi connectivity index (χ1) is 7.53. The third-order valence-corrected chi connectivity index (χ3v) is 5.29. The number of rotatable bonds is 3. The minimum Gasteiger partial charge on any atom is -0.225 e. The van der Waals surface area contributed by atoms with Crippen LogP contribution in [0.4, 0.5) is 0 Å². The van der Waals surface area contributed by atoms with Crippen LogP contribution in [0.5, 0.6) is 0 Å². The van der Waals surface area contributed by atoms with Gasteiger partial charge in [-0.05, 0) is 18.2 Å². The fourth-order valence-corrected chi connectivity index (χ4v) is 3.88. The fourth-order valence-electron chi connectivity index (χ4n) is 1.24. The number of hydrogen-bond acceptors (Lipinski definition) is 4. The Kier molecular flexibility index (Phi) is 3.01. The predicted molar refractivity (Wildman–Crippen MR) is 66.9 cm³/mol. The summed E-state index contributed by atoms with van der Waals surface area (Å²) in [5.74, 6) is -0.0967. The lowest BCUT2D eigenvalue weighted by molar-refractivity contribution is 0.598. The molecule has 1 aromatic carbocycles. The lowest BCUT2D eigenvalue weighted by Crippen LogP contribution is -2.03. The largest absolute Gasteiger partial charge is 0.225 e. The van der Waals surface area contributed by atoms with Crippen molar-refractivity contribution in [2.24, 2.45) is 0 Å². The molecule has 1 heterocycles. The van der Waals surface area contributed by atoms with Crippen molar-refractivity contribution in [2.45, 2.75) is 4.34 Å². The van der Waals surface area contributed by atoms with Crippen LogP contribution in [0.1, 0.15) is 0 Å². The lowest BCUT2D eigenvalue weighted by atomic mass is 10.3. The summed E-state index contributed by atoms with van der Waals surface area (Å²) in [7, 11) is -3.34. The molecule has 0 radical (unpaired) electrons. The molecule has 2 aromatic rings. The molecule has 0 aliphatic rings. The van der Waals surface area contributed by atoms with Crippen LogP contribution in [-0.4, -0.2) is 19.2 Å². The summed E-state index contributed by atoms with van der Waals surface area (Å²) in [4.78, 5) is 4.07. The third kappa shape index (κ3) is 2.11. The number of halogens is 1. The highest BCUT2D eigenvalue weighted by molar-refractivity contribution is 7.93. The van der Waals surface area contributed by atoms with Crippen molar-refractivity contribution in [3.05, 3.63) is 35.9 Å². The monoisotopic (exact) mass is 273 g/mol. The number of thiazole rings is 1. The standard InChI is InChI=1S/C10H8ClNO2S2/c1-2-5-16(13,14)10-12-8-4-3-7(11)6-9(8)15-10/h2-4,6H,1,5H2. The van der Waals surface area contributed by atoms with Crippen molar-refractivity contribution in [1.29, 1.82) is 0 Å². The number of fused-ring (bicyclic) bond motifs is 1. The highest BCUT2D eigenvalue weighted by Crippen LogP contribution is 2.28. The van der Waals surface area contributed by atoms with Crippen molar-refractivity contribution < 1.29 is 8.42 Å². The molecule has 0 bridgehead atoms. The third-order valence-electron chi connectivity index (χ3n) is 1.93. The lowest BCUT2D eigenvalue weighted by Gasteiger charge is -1.92. The number of benzene rings is 1. The molecule has 0 aliphatic carbocycles. The van der Waals surface area contributed by atoms with Crippen LogP contribution >= 0.6 is 22.9 Å². The van der Waals surface area contributed by atoms with Crippen LogP contribution in [0, 0.1) is 0 Å². The Morgan fingerprint density at radius 3 is 2.94 bits per heavy atom. The SMILES string of the molecule is C=CCS(=O)(=O)c1nc2ccc(Cl)cc2s1. The Hall–Kier alpha value is -0.910. The maximum atomic E-state index is 11.7. The first-order valence-electron chi connectivity index (χ1n) is 4.43. The van der Waals surface area contributed by atoms with E-state index < -0.39 is 9.84 Å². The first-order valence-corrected chi connectivity index (χ1v) is 7.27. The highest BCUT2D eigenvalue weighted by Gasteiger charge is 2.17. The molecule has 3 nitrogen and oxygen atoms in total. The summed E-state index contributed by atoms with van der Waals surface area (Å²) < 4.78 is 24.3. The molecular formula is C10H8ClNO2S2. The second-order valence-corrected chi connectivity index (χ2v) is 6.84. The van der Waals surface area contributed by atoms with E-state index in [0.717, 1.165) is 16.0 Å². The van der Waals surface area contributed by atoms with E-state index in [0.29, 0.717) is 10.5 Å². The van der Waals surface area contributed by atoms with Gasteiger partial charge in [-0.25, -0.2) is 13.4 Å². The Morgan fingerprint density at radius 1 is 1.50 bits per heavy atom. The van der Waals surface area contributed by atoms with Gasteiger partial charge in [0.2, 0.25) is 14.2 Å². The molecule has 0 aliphatic heterocycles. The number of aromatic nitrogens is 1. The van der Waals surface area contributed by atoms with Gasteiger partial charge in [0.25, 0.3) is 0 Å². The maximum Gasteiger partial charge on any atom is 0.210 e. The van der Waals surface area contributed by atoms with E-state index in [4.69, 9.17) is 11.6 Å². The predicted octanol–water partition coefficient (Wildman–Crippen LogP) is 2.91. The first kappa shape index (κ1) is 11.6. The Morgan fingerprint density at radius 2 is 2.25 bits per heavy atom. The average Bonchev–Trinajstić information content (AvgIpc) is 2.61. The van der Waals surface area contributed by atoms with Crippen LogP contribution in [0.3, 0.4) is 0 Å². The molecule has 0 saturated heterocycles. The molecule has 16 heavy (non-hydrogen) atoms.